The fourth-order valence-corrected chi connectivity index (χ4v) is 5.16. The molecule has 0 radical (unpaired) electrons. The van der Waals surface area contributed by atoms with Gasteiger partial charge in [0, 0.05) is 19.6 Å². The zero-order valence-corrected chi connectivity index (χ0v) is 14.4. The minimum Gasteiger partial charge on any atom is -0.378 e. The van der Waals surface area contributed by atoms with Gasteiger partial charge in [-0.25, -0.2) is 12.8 Å². The zero-order valence-electron chi connectivity index (χ0n) is 13.6. The van der Waals surface area contributed by atoms with Crippen LogP contribution in [0.4, 0.5) is 4.39 Å². The second-order valence-corrected chi connectivity index (χ2v) is 7.98. The molecule has 2 fully saturated rings. The zero-order chi connectivity index (χ0) is 17.3. The smallest absolute Gasteiger partial charge is 0.244 e. The Morgan fingerprint density at radius 1 is 1.25 bits per heavy atom. The fraction of sp³-hybridized carbons (Fsp3) is 0.562. The molecule has 2 aliphatic heterocycles. The molecule has 0 spiro atoms. The van der Waals surface area contributed by atoms with E-state index in [9.17, 15) is 17.6 Å². The summed E-state index contributed by atoms with van der Waals surface area (Å²) in [6.45, 7) is 3.78. The van der Waals surface area contributed by atoms with E-state index >= 15 is 0 Å². The lowest BCUT2D eigenvalue weighted by Gasteiger charge is -2.32. The van der Waals surface area contributed by atoms with Crippen LogP contribution in [-0.4, -0.2) is 62.4 Å². The summed E-state index contributed by atoms with van der Waals surface area (Å²) in [6.07, 6.45) is 1.15. The molecule has 0 bridgehead atoms. The van der Waals surface area contributed by atoms with Crippen molar-refractivity contribution in [3.05, 3.63) is 29.6 Å². The first-order valence-electron chi connectivity index (χ1n) is 8.06. The number of carbonyl (C=O) groups excluding carboxylic acids is 1. The van der Waals surface area contributed by atoms with E-state index in [1.165, 1.54) is 16.4 Å². The summed E-state index contributed by atoms with van der Waals surface area (Å²) in [5.41, 5.74) is 0.347. The summed E-state index contributed by atoms with van der Waals surface area (Å²) in [7, 11) is -3.83. The van der Waals surface area contributed by atoms with Crippen LogP contribution in [0.15, 0.2) is 23.1 Å². The Hall–Kier alpha value is -1.51. The second-order valence-electron chi connectivity index (χ2n) is 6.12. The number of amides is 1. The van der Waals surface area contributed by atoms with E-state index < -0.39 is 21.9 Å². The minimum absolute atomic E-state index is 0.0607. The molecule has 1 amide bonds. The fourth-order valence-electron chi connectivity index (χ4n) is 3.30. The average Bonchev–Trinajstić information content (AvgIpc) is 3.05. The van der Waals surface area contributed by atoms with E-state index in [0.717, 1.165) is 6.07 Å². The highest BCUT2D eigenvalue weighted by molar-refractivity contribution is 7.89. The van der Waals surface area contributed by atoms with Gasteiger partial charge in [0.25, 0.3) is 0 Å². The molecule has 1 aromatic rings. The predicted molar refractivity (Wildman–Crippen MR) is 85.4 cm³/mol. The monoisotopic (exact) mass is 356 g/mol. The molecule has 0 N–H and O–H groups in total. The Labute approximate surface area is 141 Å². The summed E-state index contributed by atoms with van der Waals surface area (Å²) >= 11 is 0. The number of hydrogen-bond donors (Lipinski definition) is 0. The summed E-state index contributed by atoms with van der Waals surface area (Å²) in [5, 5.41) is 0. The highest BCUT2D eigenvalue weighted by Crippen LogP contribution is 2.29. The SMILES string of the molecule is Cc1cc(F)ccc1S(=O)(=O)N1CCC[C@H]1C(=O)N1CCOCC1. The minimum atomic E-state index is -3.83. The Morgan fingerprint density at radius 2 is 1.96 bits per heavy atom. The molecule has 2 heterocycles. The molecule has 8 heteroatoms. The maximum atomic E-state index is 13.3. The molecule has 3 rings (SSSR count). The van der Waals surface area contributed by atoms with Crippen molar-refractivity contribution in [1.82, 2.24) is 9.21 Å². The van der Waals surface area contributed by atoms with Gasteiger partial charge in [0.2, 0.25) is 15.9 Å². The summed E-state index contributed by atoms with van der Waals surface area (Å²) in [6, 6.07) is 2.92. The number of halogens is 1. The predicted octanol–water partition coefficient (Wildman–Crippen LogP) is 1.15. The van der Waals surface area contributed by atoms with Crippen molar-refractivity contribution in [2.45, 2.75) is 30.7 Å². The first-order chi connectivity index (χ1) is 11.4. The van der Waals surface area contributed by atoms with Crippen molar-refractivity contribution < 1.29 is 22.3 Å². The lowest BCUT2D eigenvalue weighted by atomic mass is 10.2. The number of morpholine rings is 1. The summed E-state index contributed by atoms with van der Waals surface area (Å²) in [5.74, 6) is -0.645. The number of ether oxygens (including phenoxy) is 1. The Bertz CT molecular complexity index is 732. The van der Waals surface area contributed by atoms with Gasteiger partial charge in [0.05, 0.1) is 18.1 Å². The van der Waals surface area contributed by atoms with Gasteiger partial charge in [-0.05, 0) is 43.5 Å². The molecule has 1 aromatic carbocycles. The Morgan fingerprint density at radius 3 is 2.62 bits per heavy atom. The molecular formula is C16H21FN2O4S. The number of carbonyl (C=O) groups is 1. The van der Waals surface area contributed by atoms with Crippen LogP contribution < -0.4 is 0 Å². The van der Waals surface area contributed by atoms with E-state index in [0.29, 0.717) is 51.3 Å². The molecule has 2 aliphatic rings. The van der Waals surface area contributed by atoms with Crippen molar-refractivity contribution in [2.75, 3.05) is 32.8 Å². The highest BCUT2D eigenvalue weighted by atomic mass is 32.2. The quantitative estimate of drug-likeness (QED) is 0.815. The van der Waals surface area contributed by atoms with Gasteiger partial charge in [-0.15, -0.1) is 0 Å². The number of rotatable bonds is 3. The van der Waals surface area contributed by atoms with Gasteiger partial charge in [-0.2, -0.15) is 4.31 Å². The molecule has 0 unspecified atom stereocenters. The third-order valence-corrected chi connectivity index (χ3v) is 6.60. The first kappa shape index (κ1) is 17.3. The van der Waals surface area contributed by atoms with Crippen LogP contribution in [0.3, 0.4) is 0 Å². The van der Waals surface area contributed by atoms with E-state index in [-0.39, 0.29) is 10.8 Å². The number of nitrogens with zero attached hydrogens (tertiary/aromatic N) is 2. The van der Waals surface area contributed by atoms with E-state index in [2.05, 4.69) is 0 Å². The van der Waals surface area contributed by atoms with Gasteiger partial charge in [-0.3, -0.25) is 4.79 Å². The normalized spacial score (nSPS) is 22.8. The number of hydrogen-bond acceptors (Lipinski definition) is 4. The molecule has 132 valence electrons. The highest BCUT2D eigenvalue weighted by Gasteiger charge is 2.41. The lowest BCUT2D eigenvalue weighted by molar-refractivity contribution is -0.138. The van der Waals surface area contributed by atoms with Crippen LogP contribution >= 0.6 is 0 Å². The number of sulfonamides is 1. The maximum Gasteiger partial charge on any atom is 0.244 e. The van der Waals surface area contributed by atoms with Crippen LogP contribution in [-0.2, 0) is 19.6 Å². The Balaban J connectivity index is 1.87. The number of benzene rings is 1. The van der Waals surface area contributed by atoms with Crippen molar-refractivity contribution in [3.8, 4) is 0 Å². The van der Waals surface area contributed by atoms with Crippen LogP contribution in [0.25, 0.3) is 0 Å². The third kappa shape index (κ3) is 3.18. The van der Waals surface area contributed by atoms with Crippen LogP contribution in [0.2, 0.25) is 0 Å². The average molecular weight is 356 g/mol. The number of aryl methyl sites for hydroxylation is 1. The Kier molecular flexibility index (Phi) is 4.89. The standard InChI is InChI=1S/C16H21FN2O4S/c1-12-11-13(17)4-5-15(12)24(21,22)19-6-2-3-14(19)16(20)18-7-9-23-10-8-18/h4-5,11,14H,2-3,6-10H2,1H3/t14-/m0/s1. The maximum absolute atomic E-state index is 13.3. The van der Waals surface area contributed by atoms with Crippen molar-refractivity contribution in [2.24, 2.45) is 0 Å². The molecule has 6 nitrogen and oxygen atoms in total. The van der Waals surface area contributed by atoms with Crippen molar-refractivity contribution in [3.63, 3.8) is 0 Å². The van der Waals surface area contributed by atoms with Gasteiger partial charge in [0.1, 0.15) is 11.9 Å². The summed E-state index contributed by atoms with van der Waals surface area (Å²) in [4.78, 5) is 14.5. The molecule has 0 aromatic heterocycles. The third-order valence-electron chi connectivity index (χ3n) is 4.54. The van der Waals surface area contributed by atoms with Gasteiger partial charge >= 0.3 is 0 Å². The molecule has 0 aliphatic carbocycles. The molecule has 0 saturated carbocycles. The molecule has 24 heavy (non-hydrogen) atoms. The second kappa shape index (κ2) is 6.78. The van der Waals surface area contributed by atoms with Crippen molar-refractivity contribution in [1.29, 1.82) is 0 Å². The largest absolute Gasteiger partial charge is 0.378 e. The van der Waals surface area contributed by atoms with Crippen LogP contribution in [0, 0.1) is 12.7 Å². The van der Waals surface area contributed by atoms with Gasteiger partial charge in [-0.1, -0.05) is 0 Å². The van der Waals surface area contributed by atoms with E-state index in [4.69, 9.17) is 4.74 Å². The molecule has 1 atom stereocenters. The van der Waals surface area contributed by atoms with Crippen LogP contribution in [0.5, 0.6) is 0 Å². The first-order valence-corrected chi connectivity index (χ1v) is 9.50. The topological polar surface area (TPSA) is 66.9 Å². The van der Waals surface area contributed by atoms with Gasteiger partial charge < -0.3 is 9.64 Å². The van der Waals surface area contributed by atoms with Gasteiger partial charge in [0.15, 0.2) is 0 Å². The van der Waals surface area contributed by atoms with Crippen LogP contribution in [0.1, 0.15) is 18.4 Å². The molecule has 2 saturated heterocycles. The van der Waals surface area contributed by atoms with E-state index in [1.807, 2.05) is 0 Å². The summed E-state index contributed by atoms with van der Waals surface area (Å²) < 4.78 is 45.7. The lowest BCUT2D eigenvalue weighted by Crippen LogP contribution is -2.51. The molecular weight excluding hydrogens is 335 g/mol. The van der Waals surface area contributed by atoms with E-state index in [1.54, 1.807) is 11.8 Å². The van der Waals surface area contributed by atoms with Crippen molar-refractivity contribution >= 4 is 15.9 Å².